The third-order valence-corrected chi connectivity index (χ3v) is 2.26. The molecule has 2 aromatic heterocycles. The molecule has 0 saturated heterocycles. The van der Waals surface area contributed by atoms with E-state index in [2.05, 4.69) is 15.3 Å². The third kappa shape index (κ3) is 1.00. The van der Waals surface area contributed by atoms with Crippen molar-refractivity contribution >= 4 is 11.3 Å². The van der Waals surface area contributed by atoms with Crippen molar-refractivity contribution in [2.24, 2.45) is 7.05 Å². The highest BCUT2D eigenvalue weighted by molar-refractivity contribution is 7.11. The van der Waals surface area contributed by atoms with E-state index in [1.54, 1.807) is 22.3 Å². The molecule has 0 aliphatic carbocycles. The summed E-state index contributed by atoms with van der Waals surface area (Å²) in [6.45, 7) is 1.90. The highest BCUT2D eigenvalue weighted by Crippen LogP contribution is 2.02. The fraction of sp³-hybridized carbons (Fsp3) is 0.333. The lowest BCUT2D eigenvalue weighted by molar-refractivity contribution is -0.693. The summed E-state index contributed by atoms with van der Waals surface area (Å²) in [6, 6.07) is 0. The van der Waals surface area contributed by atoms with Crippen LogP contribution in [0.4, 0.5) is 0 Å². The average molecular weight is 182 g/mol. The first kappa shape index (κ1) is 7.35. The van der Waals surface area contributed by atoms with Crippen molar-refractivity contribution in [2.45, 2.75) is 6.92 Å². The molecule has 2 heterocycles. The van der Waals surface area contributed by atoms with Gasteiger partial charge in [-0.1, -0.05) is 16.1 Å². The average Bonchev–Trinajstić information content (AvgIpc) is 2.61. The maximum atomic E-state index is 4.16. The van der Waals surface area contributed by atoms with Crippen LogP contribution in [-0.4, -0.2) is 20.1 Å². The lowest BCUT2D eigenvalue weighted by Crippen LogP contribution is -2.41. The van der Waals surface area contributed by atoms with Crippen molar-refractivity contribution in [3.05, 3.63) is 17.4 Å². The Morgan fingerprint density at radius 3 is 2.92 bits per heavy atom. The minimum Gasteiger partial charge on any atom is -0.130 e. The Balaban J connectivity index is 2.60. The second-order valence-corrected chi connectivity index (χ2v) is 3.23. The fourth-order valence-corrected chi connectivity index (χ4v) is 1.72. The highest BCUT2D eigenvalue weighted by atomic mass is 32.1. The zero-order valence-corrected chi connectivity index (χ0v) is 7.62. The first-order valence-corrected chi connectivity index (χ1v) is 4.35. The standard InChI is InChI=1S/C6H8N5S/c1-5-8-9-10(2)11(5)6-7-3-4-12-6/h3-4H,1-2H3/q+1. The zero-order valence-electron chi connectivity index (χ0n) is 6.80. The van der Waals surface area contributed by atoms with Gasteiger partial charge in [0, 0.05) is 17.4 Å². The van der Waals surface area contributed by atoms with E-state index in [4.69, 9.17) is 0 Å². The van der Waals surface area contributed by atoms with Crippen LogP contribution in [0.1, 0.15) is 5.82 Å². The van der Waals surface area contributed by atoms with Gasteiger partial charge < -0.3 is 0 Å². The SMILES string of the molecule is Cc1nnn(C)[n+]1-c1nccs1. The highest BCUT2D eigenvalue weighted by Gasteiger charge is 2.15. The van der Waals surface area contributed by atoms with Gasteiger partial charge in [-0.2, -0.15) is 0 Å². The number of aromatic nitrogens is 5. The third-order valence-electron chi connectivity index (χ3n) is 1.52. The lowest BCUT2D eigenvalue weighted by Gasteiger charge is -1.91. The molecular weight excluding hydrogens is 174 g/mol. The van der Waals surface area contributed by atoms with Crippen molar-refractivity contribution < 1.29 is 4.68 Å². The Labute approximate surface area is 73.3 Å². The number of hydrogen-bond acceptors (Lipinski definition) is 4. The molecule has 0 radical (unpaired) electrons. The fourth-order valence-electron chi connectivity index (χ4n) is 1.00. The minimum atomic E-state index is 0.840. The van der Waals surface area contributed by atoms with Crippen LogP contribution in [0.15, 0.2) is 11.6 Å². The van der Waals surface area contributed by atoms with E-state index >= 15 is 0 Å². The Morgan fingerprint density at radius 2 is 2.42 bits per heavy atom. The van der Waals surface area contributed by atoms with Gasteiger partial charge in [-0.05, 0) is 0 Å². The van der Waals surface area contributed by atoms with Crippen molar-refractivity contribution in [1.29, 1.82) is 0 Å². The monoisotopic (exact) mass is 182 g/mol. The molecule has 62 valence electrons. The molecule has 0 fully saturated rings. The van der Waals surface area contributed by atoms with Crippen LogP contribution in [0.2, 0.25) is 0 Å². The Morgan fingerprint density at radius 1 is 1.58 bits per heavy atom. The second kappa shape index (κ2) is 2.63. The van der Waals surface area contributed by atoms with Crippen molar-refractivity contribution in [3.63, 3.8) is 0 Å². The van der Waals surface area contributed by atoms with Crippen LogP contribution in [0.5, 0.6) is 0 Å². The molecule has 2 rings (SSSR count). The van der Waals surface area contributed by atoms with Crippen molar-refractivity contribution in [2.75, 3.05) is 0 Å². The summed E-state index contributed by atoms with van der Waals surface area (Å²) < 4.78 is 1.85. The van der Waals surface area contributed by atoms with E-state index in [0.29, 0.717) is 0 Å². The molecule has 0 bridgehead atoms. The van der Waals surface area contributed by atoms with Crippen LogP contribution >= 0.6 is 11.3 Å². The Kier molecular flexibility index (Phi) is 1.61. The van der Waals surface area contributed by atoms with Gasteiger partial charge in [0.15, 0.2) is 0 Å². The molecule has 0 aliphatic rings. The molecule has 5 nitrogen and oxygen atoms in total. The van der Waals surface area contributed by atoms with Crippen molar-refractivity contribution in [1.82, 2.24) is 20.1 Å². The second-order valence-electron chi connectivity index (χ2n) is 2.35. The molecule has 0 aliphatic heterocycles. The lowest BCUT2D eigenvalue weighted by atomic mass is 10.7. The van der Waals surface area contributed by atoms with Gasteiger partial charge in [-0.3, -0.25) is 0 Å². The summed E-state index contributed by atoms with van der Waals surface area (Å²) in [4.78, 5) is 5.82. The molecule has 0 spiro atoms. The molecule has 0 atom stereocenters. The summed E-state index contributed by atoms with van der Waals surface area (Å²) >= 11 is 1.56. The zero-order chi connectivity index (χ0) is 8.55. The van der Waals surface area contributed by atoms with E-state index in [-0.39, 0.29) is 0 Å². The quantitative estimate of drug-likeness (QED) is 0.576. The van der Waals surface area contributed by atoms with E-state index in [1.807, 2.05) is 24.0 Å². The maximum absolute atomic E-state index is 4.16. The molecule has 12 heavy (non-hydrogen) atoms. The maximum Gasteiger partial charge on any atom is 0.312 e. The van der Waals surface area contributed by atoms with Gasteiger partial charge in [0.1, 0.15) is 5.21 Å². The van der Waals surface area contributed by atoms with E-state index in [0.717, 1.165) is 11.0 Å². The number of thiazole rings is 1. The summed E-state index contributed by atoms with van der Waals surface area (Å²) in [6.07, 6.45) is 1.76. The molecule has 0 N–H and O–H groups in total. The first-order valence-electron chi connectivity index (χ1n) is 3.47. The molecule has 6 heteroatoms. The van der Waals surface area contributed by atoms with E-state index in [1.165, 1.54) is 0 Å². The van der Waals surface area contributed by atoms with Gasteiger partial charge in [-0.25, -0.2) is 0 Å². The summed E-state index contributed by atoms with van der Waals surface area (Å²) in [5, 5.41) is 10.6. The van der Waals surface area contributed by atoms with Crippen LogP contribution in [0, 0.1) is 6.92 Å². The number of nitrogens with zero attached hydrogens (tertiary/aromatic N) is 5. The van der Waals surface area contributed by atoms with Gasteiger partial charge in [0.2, 0.25) is 0 Å². The van der Waals surface area contributed by atoms with Crippen LogP contribution in [-0.2, 0) is 7.05 Å². The number of tetrazole rings is 1. The predicted octanol–water partition coefficient (Wildman–Crippen LogP) is -0.143. The van der Waals surface area contributed by atoms with Crippen molar-refractivity contribution in [3.8, 4) is 5.13 Å². The van der Waals surface area contributed by atoms with Crippen LogP contribution < -0.4 is 4.68 Å². The topological polar surface area (TPSA) is 47.5 Å². The van der Waals surface area contributed by atoms with Crippen LogP contribution in [0.3, 0.4) is 0 Å². The molecule has 2 aromatic rings. The van der Waals surface area contributed by atoms with Gasteiger partial charge in [0.05, 0.1) is 13.2 Å². The first-order chi connectivity index (χ1) is 5.79. The van der Waals surface area contributed by atoms with Gasteiger partial charge in [-0.15, -0.1) is 9.67 Å². The molecule has 0 saturated carbocycles. The van der Waals surface area contributed by atoms with E-state index < -0.39 is 0 Å². The van der Waals surface area contributed by atoms with Crippen LogP contribution in [0.25, 0.3) is 5.13 Å². The predicted molar refractivity (Wildman–Crippen MR) is 42.9 cm³/mol. The Hall–Kier alpha value is -1.30. The number of aryl methyl sites for hydroxylation is 2. The molecule has 0 amide bonds. The van der Waals surface area contributed by atoms with Gasteiger partial charge in [0.25, 0.3) is 5.82 Å². The number of rotatable bonds is 1. The van der Waals surface area contributed by atoms with E-state index in [9.17, 15) is 0 Å². The summed E-state index contributed by atoms with van der Waals surface area (Å²) in [7, 11) is 1.83. The minimum absolute atomic E-state index is 0.840. The number of hydrogen-bond donors (Lipinski definition) is 0. The normalized spacial score (nSPS) is 10.5. The Bertz CT molecular complexity index is 357. The molecule has 0 aromatic carbocycles. The summed E-state index contributed by atoms with van der Waals surface area (Å²) in [5.74, 6) is 0.840. The largest absolute Gasteiger partial charge is 0.312 e. The molecular formula is C6H8N5S+. The van der Waals surface area contributed by atoms with Gasteiger partial charge >= 0.3 is 5.13 Å². The smallest absolute Gasteiger partial charge is 0.130 e. The summed E-state index contributed by atoms with van der Waals surface area (Å²) in [5.41, 5.74) is 0. The molecule has 0 unspecified atom stereocenters.